The number of aromatic carboxylic acids is 1. The van der Waals surface area contributed by atoms with E-state index in [-0.39, 0.29) is 24.5 Å². The molecule has 0 bridgehead atoms. The van der Waals surface area contributed by atoms with E-state index in [9.17, 15) is 13.2 Å². The van der Waals surface area contributed by atoms with Crippen LogP contribution in [0.4, 0.5) is 0 Å². The smallest absolute Gasteiger partial charge is 0.335 e. The van der Waals surface area contributed by atoms with Gasteiger partial charge in [-0.3, -0.25) is 4.18 Å². The molecule has 23 heavy (non-hydrogen) atoms. The van der Waals surface area contributed by atoms with Crippen LogP contribution in [0.5, 0.6) is 5.75 Å². The molecule has 7 heteroatoms. The number of ether oxygens (including phenoxy) is 1. The molecule has 0 unspecified atom stereocenters. The summed E-state index contributed by atoms with van der Waals surface area (Å²) in [6, 6.07) is 14.7. The maximum atomic E-state index is 11.8. The van der Waals surface area contributed by atoms with Crippen molar-refractivity contribution in [2.45, 2.75) is 5.75 Å². The van der Waals surface area contributed by atoms with Crippen LogP contribution in [0.3, 0.4) is 0 Å². The molecule has 0 amide bonds. The molecule has 6 nitrogen and oxygen atoms in total. The van der Waals surface area contributed by atoms with Gasteiger partial charge in [-0.25, -0.2) is 4.79 Å². The highest BCUT2D eigenvalue weighted by molar-refractivity contribution is 7.85. The van der Waals surface area contributed by atoms with Crippen molar-refractivity contribution in [1.29, 1.82) is 0 Å². The molecule has 0 aromatic heterocycles. The lowest BCUT2D eigenvalue weighted by atomic mass is 10.2. The zero-order valence-corrected chi connectivity index (χ0v) is 13.0. The molecular formula is C16H16O6S. The van der Waals surface area contributed by atoms with E-state index in [1.807, 2.05) is 0 Å². The fourth-order valence-electron chi connectivity index (χ4n) is 1.86. The predicted molar refractivity (Wildman–Crippen MR) is 83.9 cm³/mol. The van der Waals surface area contributed by atoms with Crippen LogP contribution in [0.25, 0.3) is 0 Å². The molecule has 0 aliphatic rings. The van der Waals surface area contributed by atoms with Crippen molar-refractivity contribution in [3.8, 4) is 5.75 Å². The maximum absolute atomic E-state index is 11.8. The van der Waals surface area contributed by atoms with Crippen molar-refractivity contribution in [3.05, 3.63) is 65.7 Å². The van der Waals surface area contributed by atoms with E-state index in [0.29, 0.717) is 11.3 Å². The van der Waals surface area contributed by atoms with E-state index in [1.165, 1.54) is 12.1 Å². The van der Waals surface area contributed by atoms with Gasteiger partial charge in [-0.2, -0.15) is 8.42 Å². The van der Waals surface area contributed by atoms with Gasteiger partial charge in [0.15, 0.2) is 0 Å². The van der Waals surface area contributed by atoms with E-state index < -0.39 is 16.1 Å². The van der Waals surface area contributed by atoms with Crippen LogP contribution in [-0.2, 0) is 20.1 Å². The SMILES string of the molecule is O=C(O)c1cccc(OCCOS(=O)(=O)Cc2ccccc2)c1. The number of rotatable bonds is 8. The third-order valence-electron chi connectivity index (χ3n) is 2.88. The highest BCUT2D eigenvalue weighted by Gasteiger charge is 2.12. The highest BCUT2D eigenvalue weighted by atomic mass is 32.2. The predicted octanol–water partition coefficient (Wildman–Crippen LogP) is 2.31. The van der Waals surface area contributed by atoms with Crippen molar-refractivity contribution in [2.75, 3.05) is 13.2 Å². The molecule has 0 atom stereocenters. The maximum Gasteiger partial charge on any atom is 0.335 e. The lowest BCUT2D eigenvalue weighted by Gasteiger charge is -2.08. The Hall–Kier alpha value is -2.38. The summed E-state index contributed by atoms with van der Waals surface area (Å²) >= 11 is 0. The van der Waals surface area contributed by atoms with Crippen molar-refractivity contribution < 1.29 is 27.2 Å². The van der Waals surface area contributed by atoms with Gasteiger partial charge in [0.05, 0.1) is 5.56 Å². The first-order chi connectivity index (χ1) is 11.0. The standard InChI is InChI=1S/C16H16O6S/c17-16(18)14-7-4-8-15(11-14)21-9-10-22-23(19,20)12-13-5-2-1-3-6-13/h1-8,11H,9-10,12H2,(H,17,18). The molecule has 0 radical (unpaired) electrons. The molecule has 1 N–H and O–H groups in total. The minimum atomic E-state index is -3.68. The van der Waals surface area contributed by atoms with E-state index in [1.54, 1.807) is 42.5 Å². The first kappa shape index (κ1) is 17.0. The highest BCUT2D eigenvalue weighted by Crippen LogP contribution is 2.13. The Balaban J connectivity index is 1.80. The largest absolute Gasteiger partial charge is 0.491 e. The first-order valence-corrected chi connectivity index (χ1v) is 8.41. The Morgan fingerprint density at radius 3 is 2.43 bits per heavy atom. The van der Waals surface area contributed by atoms with E-state index >= 15 is 0 Å². The molecule has 0 saturated carbocycles. The van der Waals surface area contributed by atoms with Crippen molar-refractivity contribution in [1.82, 2.24) is 0 Å². The Morgan fingerprint density at radius 2 is 1.74 bits per heavy atom. The van der Waals surface area contributed by atoms with Gasteiger partial charge in [0.2, 0.25) is 0 Å². The molecule has 0 saturated heterocycles. The average molecular weight is 336 g/mol. The normalized spacial score (nSPS) is 11.1. The molecular weight excluding hydrogens is 320 g/mol. The lowest BCUT2D eigenvalue weighted by molar-refractivity contribution is 0.0696. The van der Waals surface area contributed by atoms with Gasteiger partial charge < -0.3 is 9.84 Å². The molecule has 122 valence electrons. The van der Waals surface area contributed by atoms with Crippen molar-refractivity contribution >= 4 is 16.1 Å². The zero-order valence-electron chi connectivity index (χ0n) is 12.2. The number of hydrogen-bond acceptors (Lipinski definition) is 5. The molecule has 0 aliphatic carbocycles. The van der Waals surface area contributed by atoms with Gasteiger partial charge in [0, 0.05) is 0 Å². The molecule has 2 aromatic rings. The second-order valence-corrected chi connectivity index (χ2v) is 6.33. The number of benzene rings is 2. The van der Waals surface area contributed by atoms with E-state index in [4.69, 9.17) is 14.0 Å². The van der Waals surface area contributed by atoms with Crippen LogP contribution < -0.4 is 4.74 Å². The second-order valence-electron chi connectivity index (χ2n) is 4.69. The fraction of sp³-hybridized carbons (Fsp3) is 0.188. The third-order valence-corrected chi connectivity index (χ3v) is 4.09. The van der Waals surface area contributed by atoms with Gasteiger partial charge in [-0.1, -0.05) is 36.4 Å². The molecule has 2 rings (SSSR count). The summed E-state index contributed by atoms with van der Waals surface area (Å²) in [7, 11) is -3.68. The summed E-state index contributed by atoms with van der Waals surface area (Å²) in [6.07, 6.45) is 0. The molecule has 0 fully saturated rings. The summed E-state index contributed by atoms with van der Waals surface area (Å²) in [4.78, 5) is 10.8. The van der Waals surface area contributed by atoms with Crippen LogP contribution in [0, 0.1) is 0 Å². The molecule has 0 heterocycles. The van der Waals surface area contributed by atoms with Gasteiger partial charge in [0.25, 0.3) is 10.1 Å². The fourth-order valence-corrected chi connectivity index (χ4v) is 2.87. The topological polar surface area (TPSA) is 89.9 Å². The van der Waals surface area contributed by atoms with E-state index in [2.05, 4.69) is 0 Å². The van der Waals surface area contributed by atoms with Gasteiger partial charge in [-0.05, 0) is 23.8 Å². The number of carboxylic acid groups (broad SMARTS) is 1. The summed E-state index contributed by atoms with van der Waals surface area (Å²) in [5, 5.41) is 8.87. The summed E-state index contributed by atoms with van der Waals surface area (Å²) in [5.41, 5.74) is 0.739. The average Bonchev–Trinajstić information content (AvgIpc) is 2.52. The quantitative estimate of drug-likeness (QED) is 0.588. The monoisotopic (exact) mass is 336 g/mol. The number of hydrogen-bond donors (Lipinski definition) is 1. The number of carboxylic acids is 1. The molecule has 0 aliphatic heterocycles. The van der Waals surface area contributed by atoms with Gasteiger partial charge in [-0.15, -0.1) is 0 Å². The Bertz CT molecular complexity index is 755. The Morgan fingerprint density at radius 1 is 1.00 bits per heavy atom. The Kier molecular flexibility index (Phi) is 5.72. The van der Waals surface area contributed by atoms with Crippen LogP contribution in [-0.4, -0.2) is 32.7 Å². The van der Waals surface area contributed by atoms with Crippen molar-refractivity contribution in [2.24, 2.45) is 0 Å². The first-order valence-electron chi connectivity index (χ1n) is 6.83. The Labute approximate surface area is 134 Å². The summed E-state index contributed by atoms with van der Waals surface area (Å²) < 4.78 is 33.8. The van der Waals surface area contributed by atoms with Gasteiger partial charge in [0.1, 0.15) is 24.7 Å². The van der Waals surface area contributed by atoms with Crippen LogP contribution in [0.15, 0.2) is 54.6 Å². The third kappa shape index (κ3) is 5.72. The van der Waals surface area contributed by atoms with Crippen LogP contribution in [0.1, 0.15) is 15.9 Å². The minimum absolute atomic E-state index is 0.00288. The summed E-state index contributed by atoms with van der Waals surface area (Å²) in [6.45, 7) is -0.149. The van der Waals surface area contributed by atoms with Crippen molar-refractivity contribution in [3.63, 3.8) is 0 Å². The molecule has 0 spiro atoms. The minimum Gasteiger partial charge on any atom is -0.491 e. The second kappa shape index (κ2) is 7.75. The van der Waals surface area contributed by atoms with Crippen LogP contribution >= 0.6 is 0 Å². The van der Waals surface area contributed by atoms with Gasteiger partial charge >= 0.3 is 5.97 Å². The van der Waals surface area contributed by atoms with E-state index in [0.717, 1.165) is 0 Å². The van der Waals surface area contributed by atoms with Crippen LogP contribution in [0.2, 0.25) is 0 Å². The number of carbonyl (C=O) groups is 1. The zero-order chi connectivity index (χ0) is 16.7. The molecule has 2 aromatic carbocycles. The summed E-state index contributed by atoms with van der Waals surface area (Å²) in [5.74, 6) is -0.923. The lowest BCUT2D eigenvalue weighted by Crippen LogP contribution is -2.14.